The Morgan fingerprint density at radius 2 is 2.00 bits per heavy atom. The minimum absolute atomic E-state index is 0.122. The minimum atomic E-state index is -0.334. The topological polar surface area (TPSA) is 47.4 Å². The monoisotopic (exact) mass is 427 g/mol. The van der Waals surface area contributed by atoms with E-state index < -0.39 is 0 Å². The summed E-state index contributed by atoms with van der Waals surface area (Å²) < 4.78 is 21.4. The first-order valence-electron chi connectivity index (χ1n) is 9.95. The second-order valence-electron chi connectivity index (χ2n) is 8.66. The Labute approximate surface area is 180 Å². The van der Waals surface area contributed by atoms with Crippen molar-refractivity contribution in [2.24, 2.45) is 0 Å². The normalized spacial score (nSPS) is 13.0. The second-order valence-corrected chi connectivity index (χ2v) is 9.69. The van der Waals surface area contributed by atoms with Crippen LogP contribution >= 0.6 is 11.3 Å². The molecule has 1 aliphatic rings. The van der Waals surface area contributed by atoms with Gasteiger partial charge in [-0.3, -0.25) is 9.36 Å². The molecule has 5 nitrogen and oxygen atoms in total. The molecule has 0 atom stereocenters. The molecule has 0 radical (unpaired) electrons. The Bertz CT molecular complexity index is 1140. The molecule has 0 fully saturated rings. The number of thiophene rings is 1. The van der Waals surface area contributed by atoms with Crippen molar-refractivity contribution in [2.75, 3.05) is 14.2 Å². The Morgan fingerprint density at radius 3 is 2.60 bits per heavy atom. The molecule has 3 heterocycles. The van der Waals surface area contributed by atoms with Gasteiger partial charge in [-0.25, -0.2) is 4.98 Å². The van der Waals surface area contributed by atoms with Crippen molar-refractivity contribution >= 4 is 17.2 Å². The minimum Gasteiger partial charge on any atom is -0.496 e. The predicted molar refractivity (Wildman–Crippen MR) is 117 cm³/mol. The van der Waals surface area contributed by atoms with E-state index in [4.69, 9.17) is 9.72 Å². The molecule has 0 spiro atoms. The van der Waals surface area contributed by atoms with Crippen LogP contribution in [-0.2, 0) is 12.8 Å². The molecule has 0 saturated carbocycles. The van der Waals surface area contributed by atoms with Crippen molar-refractivity contribution in [1.82, 2.24) is 14.5 Å². The molecular weight excluding hydrogens is 401 g/mol. The van der Waals surface area contributed by atoms with Gasteiger partial charge in [0.05, 0.1) is 23.4 Å². The summed E-state index contributed by atoms with van der Waals surface area (Å²) in [6.07, 6.45) is 1.47. The van der Waals surface area contributed by atoms with E-state index in [2.05, 4.69) is 12.1 Å². The number of carbonyl (C=O) groups is 1. The van der Waals surface area contributed by atoms with Crippen LogP contribution in [-0.4, -0.2) is 40.1 Å². The molecule has 0 unspecified atom stereocenters. The van der Waals surface area contributed by atoms with Gasteiger partial charge in [-0.05, 0) is 75.9 Å². The third-order valence-electron chi connectivity index (χ3n) is 5.75. The van der Waals surface area contributed by atoms with Crippen LogP contribution in [0.2, 0.25) is 0 Å². The number of hydrogen-bond acceptors (Lipinski definition) is 4. The van der Waals surface area contributed by atoms with Gasteiger partial charge in [0.1, 0.15) is 5.75 Å². The van der Waals surface area contributed by atoms with Crippen LogP contribution < -0.4 is 4.74 Å². The highest BCUT2D eigenvalue weighted by atomic mass is 32.1. The summed E-state index contributed by atoms with van der Waals surface area (Å²) in [5.41, 5.74) is 4.08. The maximum Gasteiger partial charge on any atom is 0.274 e. The summed E-state index contributed by atoms with van der Waals surface area (Å²) in [6.45, 7) is 7.98. The number of amides is 1. The van der Waals surface area contributed by atoms with Gasteiger partial charge in [-0.15, -0.1) is 11.3 Å². The van der Waals surface area contributed by atoms with Crippen LogP contribution in [0.15, 0.2) is 24.3 Å². The fraction of sp³-hybridized carbons (Fsp3) is 0.391. The first-order chi connectivity index (χ1) is 14.1. The molecule has 0 bridgehead atoms. The lowest BCUT2D eigenvalue weighted by atomic mass is 9.97. The smallest absolute Gasteiger partial charge is 0.274 e. The first kappa shape index (κ1) is 20.6. The maximum absolute atomic E-state index is 13.8. The molecule has 1 amide bonds. The van der Waals surface area contributed by atoms with Crippen LogP contribution in [0.4, 0.5) is 4.39 Å². The SMILES string of the molecule is COc1cc2c(cc1C)-n1c(-c3ccc(F)s3)nc(C(=O)N(C)C(C)(C)C)c1CC2. The lowest BCUT2D eigenvalue weighted by Gasteiger charge is -2.32. The molecule has 0 saturated heterocycles. The number of aryl methyl sites for hydroxylation is 2. The van der Waals surface area contributed by atoms with Crippen molar-refractivity contribution in [3.05, 3.63) is 51.9 Å². The molecule has 0 aliphatic carbocycles. The maximum atomic E-state index is 13.8. The summed E-state index contributed by atoms with van der Waals surface area (Å²) >= 11 is 1.04. The quantitative estimate of drug-likeness (QED) is 0.589. The Morgan fingerprint density at radius 1 is 1.27 bits per heavy atom. The van der Waals surface area contributed by atoms with Gasteiger partial charge in [-0.2, -0.15) is 4.39 Å². The number of methoxy groups -OCH3 is 1. The van der Waals surface area contributed by atoms with Crippen molar-refractivity contribution in [3.63, 3.8) is 0 Å². The highest BCUT2D eigenvalue weighted by Crippen LogP contribution is 2.38. The number of benzene rings is 1. The number of hydrogen-bond donors (Lipinski definition) is 0. The van der Waals surface area contributed by atoms with E-state index in [1.165, 1.54) is 6.07 Å². The summed E-state index contributed by atoms with van der Waals surface area (Å²) in [4.78, 5) is 20.5. The van der Waals surface area contributed by atoms with Crippen LogP contribution in [0.5, 0.6) is 5.75 Å². The van der Waals surface area contributed by atoms with Gasteiger partial charge >= 0.3 is 0 Å². The number of carbonyl (C=O) groups excluding carboxylic acids is 1. The van der Waals surface area contributed by atoms with Crippen molar-refractivity contribution in [2.45, 2.75) is 46.1 Å². The van der Waals surface area contributed by atoms with E-state index in [1.54, 1.807) is 25.1 Å². The van der Waals surface area contributed by atoms with Gasteiger partial charge in [0.2, 0.25) is 0 Å². The summed E-state index contributed by atoms with van der Waals surface area (Å²) in [6, 6.07) is 7.28. The van der Waals surface area contributed by atoms with Crippen molar-refractivity contribution < 1.29 is 13.9 Å². The second kappa shape index (κ2) is 7.23. The molecule has 158 valence electrons. The fourth-order valence-corrected chi connectivity index (χ4v) is 4.49. The Hall–Kier alpha value is -2.67. The van der Waals surface area contributed by atoms with E-state index in [0.717, 1.165) is 46.0 Å². The van der Waals surface area contributed by atoms with Gasteiger partial charge in [-0.1, -0.05) is 0 Å². The summed E-state index contributed by atoms with van der Waals surface area (Å²) in [7, 11) is 3.46. The van der Waals surface area contributed by atoms with E-state index in [0.29, 0.717) is 22.8 Å². The average Bonchev–Trinajstić information content (AvgIpc) is 3.29. The largest absolute Gasteiger partial charge is 0.496 e. The summed E-state index contributed by atoms with van der Waals surface area (Å²) in [5.74, 6) is 1.32. The molecule has 7 heteroatoms. The fourth-order valence-electron chi connectivity index (χ4n) is 3.77. The lowest BCUT2D eigenvalue weighted by molar-refractivity contribution is 0.0649. The Balaban J connectivity index is 1.96. The van der Waals surface area contributed by atoms with Gasteiger partial charge in [0, 0.05) is 12.6 Å². The number of aromatic nitrogens is 2. The van der Waals surface area contributed by atoms with Crippen molar-refractivity contribution in [3.8, 4) is 22.1 Å². The zero-order valence-corrected chi connectivity index (χ0v) is 19.0. The number of halogens is 1. The molecular formula is C23H26FN3O2S. The highest BCUT2D eigenvalue weighted by Gasteiger charge is 2.33. The van der Waals surface area contributed by atoms with E-state index in [-0.39, 0.29) is 16.6 Å². The third-order valence-corrected chi connectivity index (χ3v) is 6.62. The molecule has 2 aromatic heterocycles. The third kappa shape index (κ3) is 3.31. The van der Waals surface area contributed by atoms with E-state index >= 15 is 0 Å². The van der Waals surface area contributed by atoms with Crippen LogP contribution in [0.1, 0.15) is 48.1 Å². The number of rotatable bonds is 3. The predicted octanol–water partition coefficient (Wildman–Crippen LogP) is 5.03. The first-order valence-corrected chi connectivity index (χ1v) is 10.8. The molecule has 1 aromatic carbocycles. The number of nitrogens with zero attached hydrogens (tertiary/aromatic N) is 3. The highest BCUT2D eigenvalue weighted by molar-refractivity contribution is 7.13. The standard InChI is InChI=1S/C23H26FN3O2S/c1-13-11-16-14(12-17(13)29-6)7-8-15-20(22(28)26(5)23(2,3)4)25-21(27(15)16)18-9-10-19(24)30-18/h9-12H,7-8H2,1-6H3. The Kier molecular flexibility index (Phi) is 4.97. The van der Waals surface area contributed by atoms with Gasteiger partial charge < -0.3 is 9.64 Å². The lowest BCUT2D eigenvalue weighted by Crippen LogP contribution is -2.43. The average molecular weight is 428 g/mol. The van der Waals surface area contributed by atoms with Crippen molar-refractivity contribution in [1.29, 1.82) is 0 Å². The molecule has 30 heavy (non-hydrogen) atoms. The van der Waals surface area contributed by atoms with E-state index in [1.807, 2.05) is 32.3 Å². The zero-order chi connectivity index (χ0) is 21.8. The molecule has 1 aliphatic heterocycles. The molecule has 0 N–H and O–H groups in total. The van der Waals surface area contributed by atoms with Gasteiger partial charge in [0.15, 0.2) is 16.6 Å². The number of ether oxygens (including phenoxy) is 1. The number of imidazole rings is 1. The summed E-state index contributed by atoms with van der Waals surface area (Å²) in [5, 5.41) is -0.274. The van der Waals surface area contributed by atoms with Gasteiger partial charge in [0.25, 0.3) is 5.91 Å². The number of fused-ring (bicyclic) bond motifs is 3. The van der Waals surface area contributed by atoms with Crippen LogP contribution in [0.3, 0.4) is 0 Å². The van der Waals surface area contributed by atoms with E-state index in [9.17, 15) is 9.18 Å². The molecule has 3 aromatic rings. The zero-order valence-electron chi connectivity index (χ0n) is 18.2. The van der Waals surface area contributed by atoms with Crippen LogP contribution in [0.25, 0.3) is 16.4 Å². The van der Waals surface area contributed by atoms with Crippen LogP contribution in [0, 0.1) is 12.1 Å². The molecule has 4 rings (SSSR count).